The number of rotatable bonds is 2. The molecule has 0 amide bonds. The molecule has 2 nitrogen and oxygen atoms in total. The van der Waals surface area contributed by atoms with E-state index in [4.69, 9.17) is 0 Å². The molecule has 2 aromatic heterocycles. The molecular weight excluding hydrogens is 400 g/mol. The van der Waals surface area contributed by atoms with Gasteiger partial charge in [0, 0.05) is 39.8 Å². The van der Waals surface area contributed by atoms with Crippen molar-refractivity contribution in [1.82, 2.24) is 9.13 Å². The van der Waals surface area contributed by atoms with Gasteiger partial charge in [0.15, 0.2) is 0 Å². The van der Waals surface area contributed by atoms with Crippen LogP contribution < -0.4 is 0 Å². The lowest BCUT2D eigenvalue weighted by molar-refractivity contribution is 1.02. The third-order valence-electron chi connectivity index (χ3n) is 6.90. The Morgan fingerprint density at radius 3 is 1.82 bits per heavy atom. The van der Waals surface area contributed by atoms with E-state index in [1.807, 2.05) is 0 Å². The summed E-state index contributed by atoms with van der Waals surface area (Å²) in [4.78, 5) is 0. The van der Waals surface area contributed by atoms with Crippen molar-refractivity contribution < 1.29 is 0 Å². The van der Waals surface area contributed by atoms with Gasteiger partial charge in [0.2, 0.25) is 0 Å². The highest BCUT2D eigenvalue weighted by Crippen LogP contribution is 2.44. The van der Waals surface area contributed by atoms with E-state index in [1.54, 1.807) is 0 Å². The van der Waals surface area contributed by atoms with Gasteiger partial charge in [0.05, 0.1) is 16.6 Å². The minimum Gasteiger partial charge on any atom is -0.343 e. The summed E-state index contributed by atoms with van der Waals surface area (Å²) >= 11 is 0. The van der Waals surface area contributed by atoms with Gasteiger partial charge in [0.1, 0.15) is 0 Å². The lowest BCUT2D eigenvalue weighted by Gasteiger charge is -2.11. The number of fused-ring (bicyclic) bond motifs is 7. The van der Waals surface area contributed by atoms with Gasteiger partial charge >= 0.3 is 0 Å². The first-order chi connectivity index (χ1) is 16.3. The average Bonchev–Trinajstić information content (AvgIpc) is 3.37. The molecular formula is C31H22N2. The van der Waals surface area contributed by atoms with Crippen molar-refractivity contribution in [1.29, 1.82) is 0 Å². The first-order valence-corrected chi connectivity index (χ1v) is 11.4. The molecule has 0 atom stereocenters. The summed E-state index contributed by atoms with van der Waals surface area (Å²) in [7, 11) is 2.20. The fourth-order valence-electron chi connectivity index (χ4n) is 5.51. The predicted molar refractivity (Wildman–Crippen MR) is 140 cm³/mol. The van der Waals surface area contributed by atoms with Crippen LogP contribution in [-0.4, -0.2) is 9.13 Å². The van der Waals surface area contributed by atoms with Gasteiger partial charge in [-0.2, -0.15) is 0 Å². The topological polar surface area (TPSA) is 9.86 Å². The van der Waals surface area contributed by atoms with Crippen molar-refractivity contribution in [3.8, 4) is 16.8 Å². The van der Waals surface area contributed by atoms with Crippen molar-refractivity contribution in [2.75, 3.05) is 0 Å². The predicted octanol–water partition coefficient (Wildman–Crippen LogP) is 8.10. The summed E-state index contributed by atoms with van der Waals surface area (Å²) in [5.74, 6) is 0. The number of hydrogen-bond acceptors (Lipinski definition) is 0. The molecule has 0 bridgehead atoms. The second-order valence-electron chi connectivity index (χ2n) is 8.67. The molecule has 33 heavy (non-hydrogen) atoms. The SMILES string of the molecule is Cn1c2ccccc2c2c(-c3ccccc3)cc3c(c4ccccc4n3-c3ccccc3)c21. The van der Waals surface area contributed by atoms with Crippen molar-refractivity contribution in [2.24, 2.45) is 7.05 Å². The normalized spacial score (nSPS) is 11.8. The van der Waals surface area contributed by atoms with E-state index in [9.17, 15) is 0 Å². The lowest BCUT2D eigenvalue weighted by Crippen LogP contribution is -1.94. The molecule has 2 heteroatoms. The number of aromatic nitrogens is 2. The zero-order valence-electron chi connectivity index (χ0n) is 18.4. The zero-order valence-corrected chi connectivity index (χ0v) is 18.4. The van der Waals surface area contributed by atoms with Gasteiger partial charge in [-0.05, 0) is 41.5 Å². The van der Waals surface area contributed by atoms with E-state index in [0.717, 1.165) is 0 Å². The van der Waals surface area contributed by atoms with E-state index in [1.165, 1.54) is 60.4 Å². The number of para-hydroxylation sites is 3. The Bertz CT molecular complexity index is 1800. The molecule has 7 rings (SSSR count). The monoisotopic (exact) mass is 422 g/mol. The van der Waals surface area contributed by atoms with Gasteiger partial charge in [-0.1, -0.05) is 84.9 Å². The van der Waals surface area contributed by atoms with Crippen molar-refractivity contribution in [2.45, 2.75) is 0 Å². The Kier molecular flexibility index (Phi) is 3.80. The first kappa shape index (κ1) is 18.3. The van der Waals surface area contributed by atoms with Crippen molar-refractivity contribution in [3.05, 3.63) is 115 Å². The van der Waals surface area contributed by atoms with Crippen LogP contribution in [0.5, 0.6) is 0 Å². The summed E-state index contributed by atoms with van der Waals surface area (Å²) in [5, 5.41) is 5.21. The van der Waals surface area contributed by atoms with E-state index in [0.29, 0.717) is 0 Å². The van der Waals surface area contributed by atoms with Gasteiger partial charge < -0.3 is 9.13 Å². The zero-order chi connectivity index (χ0) is 21.9. The highest BCUT2D eigenvalue weighted by atomic mass is 15.0. The largest absolute Gasteiger partial charge is 0.343 e. The van der Waals surface area contributed by atoms with Gasteiger partial charge in [0.25, 0.3) is 0 Å². The van der Waals surface area contributed by atoms with E-state index < -0.39 is 0 Å². The second-order valence-corrected chi connectivity index (χ2v) is 8.67. The quantitative estimate of drug-likeness (QED) is 0.266. The van der Waals surface area contributed by atoms with Crippen molar-refractivity contribution >= 4 is 43.6 Å². The summed E-state index contributed by atoms with van der Waals surface area (Å²) < 4.78 is 4.79. The molecule has 0 saturated heterocycles. The molecule has 5 aromatic carbocycles. The molecule has 0 spiro atoms. The maximum Gasteiger partial charge on any atom is 0.0596 e. The van der Waals surface area contributed by atoms with Crippen LogP contribution in [-0.2, 0) is 7.05 Å². The molecule has 0 unspecified atom stereocenters. The Balaban J connectivity index is 1.81. The van der Waals surface area contributed by atoms with Crippen molar-refractivity contribution in [3.63, 3.8) is 0 Å². The molecule has 0 saturated carbocycles. The van der Waals surface area contributed by atoms with Crippen LogP contribution in [0.1, 0.15) is 0 Å². The van der Waals surface area contributed by atoms with E-state index >= 15 is 0 Å². The number of benzene rings is 5. The van der Waals surface area contributed by atoms with Crippen LogP contribution in [0, 0.1) is 0 Å². The van der Waals surface area contributed by atoms with Crippen LogP contribution in [0.3, 0.4) is 0 Å². The minimum absolute atomic E-state index is 1.18. The fraction of sp³-hybridized carbons (Fsp3) is 0.0323. The fourth-order valence-corrected chi connectivity index (χ4v) is 5.51. The standard InChI is InChI=1S/C31H22N2/c1-32-26-18-10-8-16-23(26)29-25(21-12-4-2-5-13-21)20-28-30(31(29)32)24-17-9-11-19-27(24)33(28)22-14-6-3-7-15-22/h2-20H,1H3. The van der Waals surface area contributed by atoms with Crippen LogP contribution in [0.4, 0.5) is 0 Å². The Morgan fingerprint density at radius 2 is 1.09 bits per heavy atom. The number of nitrogens with zero attached hydrogens (tertiary/aromatic N) is 2. The average molecular weight is 423 g/mol. The maximum atomic E-state index is 2.41. The summed E-state index contributed by atoms with van der Waals surface area (Å²) in [6.45, 7) is 0. The number of hydrogen-bond donors (Lipinski definition) is 0. The summed E-state index contributed by atoms with van der Waals surface area (Å²) in [6.07, 6.45) is 0. The summed E-state index contributed by atoms with van der Waals surface area (Å²) in [6, 6.07) is 41.4. The molecule has 0 radical (unpaired) electrons. The highest BCUT2D eigenvalue weighted by Gasteiger charge is 2.21. The third kappa shape index (κ3) is 2.49. The Morgan fingerprint density at radius 1 is 0.515 bits per heavy atom. The van der Waals surface area contributed by atoms with Gasteiger partial charge in [-0.15, -0.1) is 0 Å². The first-order valence-electron chi connectivity index (χ1n) is 11.4. The highest BCUT2D eigenvalue weighted by molar-refractivity contribution is 6.29. The van der Waals surface area contributed by atoms with Crippen LogP contribution in [0.2, 0.25) is 0 Å². The van der Waals surface area contributed by atoms with Gasteiger partial charge in [-0.25, -0.2) is 0 Å². The number of aryl methyl sites for hydroxylation is 1. The van der Waals surface area contributed by atoms with Crippen LogP contribution in [0.15, 0.2) is 115 Å². The smallest absolute Gasteiger partial charge is 0.0596 e. The molecule has 2 heterocycles. The third-order valence-corrected chi connectivity index (χ3v) is 6.90. The summed E-state index contributed by atoms with van der Waals surface area (Å²) in [5.41, 5.74) is 8.71. The lowest BCUT2D eigenvalue weighted by atomic mass is 9.97. The Labute approximate surface area is 191 Å². The molecule has 0 aliphatic rings. The van der Waals surface area contributed by atoms with E-state index in [2.05, 4.69) is 131 Å². The maximum absolute atomic E-state index is 2.41. The molecule has 0 N–H and O–H groups in total. The van der Waals surface area contributed by atoms with E-state index in [-0.39, 0.29) is 0 Å². The molecule has 7 aromatic rings. The van der Waals surface area contributed by atoms with Crippen LogP contribution >= 0.6 is 0 Å². The van der Waals surface area contributed by atoms with Crippen LogP contribution in [0.25, 0.3) is 60.4 Å². The Hall–Kier alpha value is -4.30. The molecule has 0 aliphatic heterocycles. The molecule has 0 fully saturated rings. The second kappa shape index (κ2) is 6.85. The molecule has 0 aliphatic carbocycles. The molecule has 156 valence electrons. The minimum atomic E-state index is 1.18. The van der Waals surface area contributed by atoms with Gasteiger partial charge in [-0.3, -0.25) is 0 Å².